The largest absolute Gasteiger partial charge is 0.497 e. The van der Waals surface area contributed by atoms with Crippen molar-refractivity contribution in [2.24, 2.45) is 0 Å². The summed E-state index contributed by atoms with van der Waals surface area (Å²) in [6.07, 6.45) is 1.94. The molecule has 0 radical (unpaired) electrons. The SMILES string of the molecule is COc1ccc(OC)c(CNC(=O)Cc2coc3c(C)c(C)ccc23)c1. The maximum Gasteiger partial charge on any atom is 0.224 e. The van der Waals surface area contributed by atoms with Gasteiger partial charge < -0.3 is 19.2 Å². The third-order valence-corrected chi connectivity index (χ3v) is 4.66. The lowest BCUT2D eigenvalue weighted by molar-refractivity contribution is -0.120. The van der Waals surface area contributed by atoms with Crippen molar-refractivity contribution < 1.29 is 18.7 Å². The molecule has 0 spiro atoms. The molecule has 2 aromatic carbocycles. The van der Waals surface area contributed by atoms with Gasteiger partial charge in [-0.1, -0.05) is 12.1 Å². The molecule has 0 aliphatic rings. The van der Waals surface area contributed by atoms with E-state index in [9.17, 15) is 4.79 Å². The first-order valence-electron chi connectivity index (χ1n) is 8.47. The Labute approximate surface area is 152 Å². The lowest BCUT2D eigenvalue weighted by Crippen LogP contribution is -2.24. The molecule has 0 aliphatic heterocycles. The van der Waals surface area contributed by atoms with Crippen molar-refractivity contribution in [3.05, 3.63) is 58.8 Å². The van der Waals surface area contributed by atoms with Crippen LogP contribution in [0.3, 0.4) is 0 Å². The quantitative estimate of drug-likeness (QED) is 0.729. The average molecular weight is 353 g/mol. The monoisotopic (exact) mass is 353 g/mol. The van der Waals surface area contributed by atoms with E-state index in [1.54, 1.807) is 20.5 Å². The minimum atomic E-state index is -0.0733. The van der Waals surface area contributed by atoms with E-state index in [1.807, 2.05) is 38.1 Å². The molecule has 3 rings (SSSR count). The number of methoxy groups -OCH3 is 2. The third-order valence-electron chi connectivity index (χ3n) is 4.66. The van der Waals surface area contributed by atoms with Gasteiger partial charge in [0, 0.05) is 23.1 Å². The van der Waals surface area contributed by atoms with Crippen molar-refractivity contribution in [3.63, 3.8) is 0 Å². The van der Waals surface area contributed by atoms with Crippen LogP contribution in [0.2, 0.25) is 0 Å². The summed E-state index contributed by atoms with van der Waals surface area (Å²) >= 11 is 0. The highest BCUT2D eigenvalue weighted by Gasteiger charge is 2.13. The van der Waals surface area contributed by atoms with Crippen molar-refractivity contribution in [3.8, 4) is 11.5 Å². The number of benzene rings is 2. The van der Waals surface area contributed by atoms with Crippen molar-refractivity contribution in [1.82, 2.24) is 5.32 Å². The van der Waals surface area contributed by atoms with Crippen LogP contribution < -0.4 is 14.8 Å². The van der Waals surface area contributed by atoms with Crippen LogP contribution in [0.15, 0.2) is 41.0 Å². The maximum atomic E-state index is 12.4. The van der Waals surface area contributed by atoms with Crippen LogP contribution in [0.5, 0.6) is 11.5 Å². The standard InChI is InChI=1S/C21H23NO4/c1-13-5-7-18-16(12-26-21(18)14(13)2)10-20(23)22-11-15-9-17(24-3)6-8-19(15)25-4/h5-9,12H,10-11H2,1-4H3,(H,22,23). The first-order chi connectivity index (χ1) is 12.5. The molecule has 0 unspecified atom stereocenters. The second kappa shape index (κ2) is 7.52. The molecule has 0 atom stereocenters. The summed E-state index contributed by atoms with van der Waals surface area (Å²) in [6, 6.07) is 9.57. The molecular formula is C21H23NO4. The first-order valence-corrected chi connectivity index (χ1v) is 8.47. The van der Waals surface area contributed by atoms with E-state index >= 15 is 0 Å². The maximum absolute atomic E-state index is 12.4. The second-order valence-electron chi connectivity index (χ2n) is 6.28. The van der Waals surface area contributed by atoms with Crippen molar-refractivity contribution >= 4 is 16.9 Å². The summed E-state index contributed by atoms with van der Waals surface area (Å²) in [7, 11) is 3.22. The molecule has 26 heavy (non-hydrogen) atoms. The van der Waals surface area contributed by atoms with Crippen LogP contribution in [-0.2, 0) is 17.8 Å². The molecule has 3 aromatic rings. The Morgan fingerprint density at radius 2 is 1.88 bits per heavy atom. The van der Waals surface area contributed by atoms with Gasteiger partial charge in [-0.15, -0.1) is 0 Å². The fraction of sp³-hybridized carbons (Fsp3) is 0.286. The Kier molecular flexibility index (Phi) is 5.16. The molecule has 1 N–H and O–H groups in total. The van der Waals surface area contributed by atoms with Crippen LogP contribution in [0, 0.1) is 13.8 Å². The van der Waals surface area contributed by atoms with Gasteiger partial charge in [-0.3, -0.25) is 4.79 Å². The minimum absolute atomic E-state index is 0.0733. The van der Waals surface area contributed by atoms with Gasteiger partial charge in [-0.2, -0.15) is 0 Å². The van der Waals surface area contributed by atoms with Gasteiger partial charge in [-0.25, -0.2) is 0 Å². The number of fused-ring (bicyclic) bond motifs is 1. The van der Waals surface area contributed by atoms with Gasteiger partial charge in [0.1, 0.15) is 17.1 Å². The zero-order valence-electron chi connectivity index (χ0n) is 15.5. The van der Waals surface area contributed by atoms with Crippen LogP contribution in [-0.4, -0.2) is 20.1 Å². The van der Waals surface area contributed by atoms with E-state index in [0.29, 0.717) is 12.3 Å². The van der Waals surface area contributed by atoms with E-state index in [1.165, 1.54) is 5.56 Å². The number of rotatable bonds is 6. The van der Waals surface area contributed by atoms with Crippen LogP contribution in [0.4, 0.5) is 0 Å². The summed E-state index contributed by atoms with van der Waals surface area (Å²) in [5, 5.41) is 3.93. The van der Waals surface area contributed by atoms with Crippen molar-refractivity contribution in [2.45, 2.75) is 26.8 Å². The Morgan fingerprint density at radius 3 is 2.62 bits per heavy atom. The molecule has 0 bridgehead atoms. The normalized spacial score (nSPS) is 10.8. The molecule has 1 aromatic heterocycles. The van der Waals surface area contributed by atoms with Crippen LogP contribution in [0.1, 0.15) is 22.3 Å². The summed E-state index contributed by atoms with van der Waals surface area (Å²) in [4.78, 5) is 12.4. The third kappa shape index (κ3) is 3.52. The molecule has 0 aliphatic carbocycles. The van der Waals surface area contributed by atoms with E-state index in [4.69, 9.17) is 13.9 Å². The predicted molar refractivity (Wildman–Crippen MR) is 101 cm³/mol. The number of furan rings is 1. The topological polar surface area (TPSA) is 60.7 Å². The molecule has 5 heteroatoms. The van der Waals surface area contributed by atoms with Gasteiger partial charge in [0.25, 0.3) is 0 Å². The smallest absolute Gasteiger partial charge is 0.224 e. The van der Waals surface area contributed by atoms with Crippen LogP contribution >= 0.6 is 0 Å². The number of hydrogen-bond donors (Lipinski definition) is 1. The number of carbonyl (C=O) groups is 1. The number of amides is 1. The number of nitrogens with one attached hydrogen (secondary N) is 1. The molecular weight excluding hydrogens is 330 g/mol. The lowest BCUT2D eigenvalue weighted by atomic mass is 10.0. The van der Waals surface area contributed by atoms with Gasteiger partial charge >= 0.3 is 0 Å². The van der Waals surface area contributed by atoms with Gasteiger partial charge in [0.15, 0.2) is 0 Å². The molecule has 0 saturated carbocycles. The Morgan fingerprint density at radius 1 is 1.08 bits per heavy atom. The fourth-order valence-electron chi connectivity index (χ4n) is 2.97. The highest BCUT2D eigenvalue weighted by molar-refractivity contribution is 5.89. The fourth-order valence-corrected chi connectivity index (χ4v) is 2.97. The van der Waals surface area contributed by atoms with Gasteiger partial charge in [0.2, 0.25) is 5.91 Å². The number of aryl methyl sites for hydroxylation is 2. The van der Waals surface area contributed by atoms with Gasteiger partial charge in [0.05, 0.1) is 26.9 Å². The molecule has 1 heterocycles. The Bertz CT molecular complexity index is 943. The van der Waals surface area contributed by atoms with Crippen LogP contribution in [0.25, 0.3) is 11.0 Å². The molecule has 5 nitrogen and oxygen atoms in total. The molecule has 0 saturated heterocycles. The lowest BCUT2D eigenvalue weighted by Gasteiger charge is -2.11. The number of hydrogen-bond acceptors (Lipinski definition) is 4. The van der Waals surface area contributed by atoms with E-state index in [0.717, 1.165) is 33.4 Å². The van der Waals surface area contributed by atoms with E-state index in [2.05, 4.69) is 11.4 Å². The first kappa shape index (κ1) is 17.9. The Hall–Kier alpha value is -2.95. The molecule has 136 valence electrons. The van der Waals surface area contributed by atoms with Crippen molar-refractivity contribution in [2.75, 3.05) is 14.2 Å². The Balaban J connectivity index is 1.71. The predicted octanol–water partition coefficient (Wildman–Crippen LogP) is 3.93. The average Bonchev–Trinajstić information content (AvgIpc) is 3.06. The summed E-state index contributed by atoms with van der Waals surface area (Å²) in [5.41, 5.74) is 4.88. The van der Waals surface area contributed by atoms with E-state index in [-0.39, 0.29) is 12.3 Å². The summed E-state index contributed by atoms with van der Waals surface area (Å²) < 4.78 is 16.3. The molecule has 0 fully saturated rings. The number of ether oxygens (including phenoxy) is 2. The zero-order valence-corrected chi connectivity index (χ0v) is 15.5. The molecule has 1 amide bonds. The summed E-state index contributed by atoms with van der Waals surface area (Å²) in [5.74, 6) is 1.36. The highest BCUT2D eigenvalue weighted by atomic mass is 16.5. The highest BCUT2D eigenvalue weighted by Crippen LogP contribution is 2.27. The van der Waals surface area contributed by atoms with Gasteiger partial charge in [-0.05, 0) is 43.2 Å². The summed E-state index contributed by atoms with van der Waals surface area (Å²) in [6.45, 7) is 4.44. The zero-order chi connectivity index (χ0) is 18.7. The van der Waals surface area contributed by atoms with Crippen molar-refractivity contribution in [1.29, 1.82) is 0 Å². The second-order valence-corrected chi connectivity index (χ2v) is 6.28. The number of carbonyl (C=O) groups excluding carboxylic acids is 1. The minimum Gasteiger partial charge on any atom is -0.497 e. The van der Waals surface area contributed by atoms with E-state index < -0.39 is 0 Å².